The number of methoxy groups -OCH3 is 1. The van der Waals surface area contributed by atoms with Gasteiger partial charge in [-0.3, -0.25) is 14.0 Å². The average molecular weight is 507 g/mol. The lowest BCUT2D eigenvalue weighted by Crippen LogP contribution is -2.36. The molecule has 0 saturated carbocycles. The van der Waals surface area contributed by atoms with E-state index in [-0.39, 0.29) is 40.1 Å². The molecule has 0 aliphatic rings. The summed E-state index contributed by atoms with van der Waals surface area (Å²) in [5.41, 5.74) is 3.93. The number of carbonyl (C=O) groups excluding carboxylic acids is 1. The summed E-state index contributed by atoms with van der Waals surface area (Å²) in [5.74, 6) is -3.08. The number of rotatable bonds is 6. The second kappa shape index (κ2) is 10.1. The number of nitrogens with two attached hydrogens (primary N) is 1. The van der Waals surface area contributed by atoms with Gasteiger partial charge in [-0.1, -0.05) is 6.07 Å². The summed E-state index contributed by atoms with van der Waals surface area (Å²) < 4.78 is 19.2. The normalized spacial score (nSPS) is 10.6. The third-order valence-corrected chi connectivity index (χ3v) is 4.68. The van der Waals surface area contributed by atoms with Gasteiger partial charge in [-0.15, -0.1) is 0 Å². The first kappa shape index (κ1) is 25.1. The van der Waals surface area contributed by atoms with Gasteiger partial charge in [-0.25, -0.2) is 23.8 Å². The Labute approximate surface area is 199 Å². The first-order valence-electron chi connectivity index (χ1n) is 9.45. The molecule has 35 heavy (non-hydrogen) atoms. The number of aromatic carboxylic acids is 1. The van der Waals surface area contributed by atoms with Gasteiger partial charge in [0.25, 0.3) is 10.9 Å². The summed E-state index contributed by atoms with van der Waals surface area (Å²) in [6, 6.07) is 5.29. The van der Waals surface area contributed by atoms with Crippen molar-refractivity contribution in [1.82, 2.24) is 19.2 Å². The van der Waals surface area contributed by atoms with E-state index in [1.807, 2.05) is 0 Å². The summed E-state index contributed by atoms with van der Waals surface area (Å²) in [6.45, 7) is 0.331. The molecule has 2 heterocycles. The number of anilines is 3. The van der Waals surface area contributed by atoms with E-state index in [1.54, 1.807) is 6.07 Å². The van der Waals surface area contributed by atoms with E-state index in [9.17, 15) is 28.7 Å². The van der Waals surface area contributed by atoms with Crippen LogP contribution in [-0.2, 0) is 11.3 Å². The van der Waals surface area contributed by atoms with Crippen molar-refractivity contribution >= 4 is 46.6 Å². The molecule has 2 aromatic heterocycles. The topological polar surface area (TPSA) is 198 Å². The summed E-state index contributed by atoms with van der Waals surface area (Å²) in [7, 11) is 1.16. The number of halogens is 2. The number of nitrogens with one attached hydrogen (secondary N) is 2. The minimum Gasteiger partial charge on any atom is -0.492 e. The fourth-order valence-electron chi connectivity index (χ4n) is 2.85. The van der Waals surface area contributed by atoms with Crippen LogP contribution in [-0.4, -0.2) is 43.6 Å². The lowest BCUT2D eigenvalue weighted by Gasteiger charge is -2.11. The number of carboxylic acid groups (broad SMARTS) is 1. The third-order valence-electron chi connectivity index (χ3n) is 4.55. The van der Waals surface area contributed by atoms with Gasteiger partial charge < -0.3 is 26.0 Å². The number of hydrogen-bond acceptors (Lipinski definition) is 11. The molecule has 182 valence electrons. The number of carboxylic acids is 1. The van der Waals surface area contributed by atoms with Crippen LogP contribution in [0.3, 0.4) is 0 Å². The fraction of sp³-hybridized carbons (Fsp3) is 0.100. The molecular formula is C20H16ClFN6O7. The Balaban J connectivity index is 0.000000196. The molecule has 0 aliphatic heterocycles. The molecule has 15 heteroatoms. The van der Waals surface area contributed by atoms with E-state index in [4.69, 9.17) is 22.6 Å². The van der Waals surface area contributed by atoms with Crippen LogP contribution in [0.15, 0.2) is 40.1 Å². The number of nitrogens with zero attached hydrogens (tertiary/aromatic N) is 3. The van der Waals surface area contributed by atoms with E-state index in [0.29, 0.717) is 12.1 Å². The Hall–Kier alpha value is -4.56. The SMILES string of the molecule is COC(=O)c1cc(C(=O)O)nc2nc(O)cn12.Nc1c(Nc2cc(CNCl)ccc2F)c(=O)c1=O. The lowest BCUT2D eigenvalue weighted by molar-refractivity contribution is 0.0592. The summed E-state index contributed by atoms with van der Waals surface area (Å²) in [4.78, 5) is 54.0. The number of esters is 1. The van der Waals surface area contributed by atoms with Crippen LogP contribution >= 0.6 is 11.8 Å². The van der Waals surface area contributed by atoms with Crippen molar-refractivity contribution in [3.05, 3.63) is 73.7 Å². The molecule has 0 spiro atoms. The molecule has 6 N–H and O–H groups in total. The zero-order valence-electron chi connectivity index (χ0n) is 17.7. The van der Waals surface area contributed by atoms with Gasteiger partial charge in [0.2, 0.25) is 11.7 Å². The van der Waals surface area contributed by atoms with Crippen LogP contribution in [0.1, 0.15) is 26.5 Å². The molecule has 0 aliphatic carbocycles. The number of carbonyl (C=O) groups is 2. The smallest absolute Gasteiger partial charge is 0.355 e. The summed E-state index contributed by atoms with van der Waals surface area (Å²) in [6.07, 6.45) is 1.14. The highest BCUT2D eigenvalue weighted by Crippen LogP contribution is 2.22. The Bertz CT molecular complexity index is 1510. The number of nitrogen functional groups attached to an aromatic ring is 1. The van der Waals surface area contributed by atoms with Crippen LogP contribution in [0.25, 0.3) is 5.78 Å². The number of fused-ring (bicyclic) bond motifs is 1. The van der Waals surface area contributed by atoms with Gasteiger partial charge >= 0.3 is 11.9 Å². The van der Waals surface area contributed by atoms with Crippen LogP contribution in [0.5, 0.6) is 5.88 Å². The number of aromatic nitrogens is 3. The highest BCUT2D eigenvalue weighted by atomic mass is 35.5. The van der Waals surface area contributed by atoms with Crippen LogP contribution in [0, 0.1) is 5.82 Å². The number of benzene rings is 1. The maximum absolute atomic E-state index is 13.5. The molecule has 0 fully saturated rings. The predicted octanol–water partition coefficient (Wildman–Crippen LogP) is 0.911. The number of ether oxygens (including phenoxy) is 1. The van der Waals surface area contributed by atoms with Gasteiger partial charge in [0.05, 0.1) is 19.0 Å². The molecule has 0 bridgehead atoms. The van der Waals surface area contributed by atoms with E-state index >= 15 is 0 Å². The Morgan fingerprint density at radius 1 is 1.23 bits per heavy atom. The quantitative estimate of drug-likeness (QED) is 0.141. The van der Waals surface area contributed by atoms with E-state index in [1.165, 1.54) is 12.1 Å². The van der Waals surface area contributed by atoms with Gasteiger partial charge in [0, 0.05) is 12.6 Å². The van der Waals surface area contributed by atoms with Crippen molar-refractivity contribution in [3.8, 4) is 5.88 Å². The summed E-state index contributed by atoms with van der Waals surface area (Å²) >= 11 is 5.35. The Morgan fingerprint density at radius 3 is 2.54 bits per heavy atom. The first-order valence-corrected chi connectivity index (χ1v) is 9.83. The van der Waals surface area contributed by atoms with Crippen molar-refractivity contribution in [2.75, 3.05) is 18.2 Å². The van der Waals surface area contributed by atoms with E-state index < -0.39 is 28.6 Å². The van der Waals surface area contributed by atoms with Crippen molar-refractivity contribution in [3.63, 3.8) is 0 Å². The van der Waals surface area contributed by atoms with Crippen LogP contribution in [0.2, 0.25) is 0 Å². The van der Waals surface area contributed by atoms with Gasteiger partial charge in [-0.2, -0.15) is 4.98 Å². The second-order valence-electron chi connectivity index (χ2n) is 6.79. The van der Waals surface area contributed by atoms with Crippen molar-refractivity contribution in [2.45, 2.75) is 6.54 Å². The van der Waals surface area contributed by atoms with Gasteiger partial charge in [0.15, 0.2) is 5.69 Å². The fourth-order valence-corrected chi connectivity index (χ4v) is 3.00. The number of imidazole rings is 1. The minimum atomic E-state index is -1.31. The number of aromatic hydroxyl groups is 1. The zero-order chi connectivity index (χ0) is 25.9. The molecular weight excluding hydrogens is 491 g/mol. The number of hydrogen-bond donors (Lipinski definition) is 5. The predicted molar refractivity (Wildman–Crippen MR) is 121 cm³/mol. The maximum Gasteiger partial charge on any atom is 0.355 e. The average Bonchev–Trinajstić information content (AvgIpc) is 3.23. The standard InChI is InChI=1S/C11H9ClFN3O2.C9H7N3O5/c12-15-4-5-1-2-6(13)7(3-5)16-9-8(14)10(17)11(9)18;1-17-8(16)5-2-4(7(14)15)10-9-11-6(13)3-12(5)9/h1-3,15-16H,4,14H2;2-3,13H,1H3,(H,14,15). The van der Waals surface area contributed by atoms with Gasteiger partial charge in [0.1, 0.15) is 22.9 Å². The molecule has 0 saturated heterocycles. The third kappa shape index (κ3) is 5.18. The second-order valence-corrected chi connectivity index (χ2v) is 7.06. The van der Waals surface area contributed by atoms with E-state index in [2.05, 4.69) is 24.9 Å². The molecule has 4 rings (SSSR count). The van der Waals surface area contributed by atoms with Crippen molar-refractivity contribution < 1.29 is 28.9 Å². The highest BCUT2D eigenvalue weighted by Gasteiger charge is 2.19. The molecule has 0 unspecified atom stereocenters. The Morgan fingerprint density at radius 2 is 1.94 bits per heavy atom. The minimum absolute atomic E-state index is 0.0678. The molecule has 0 atom stereocenters. The lowest BCUT2D eigenvalue weighted by atomic mass is 10.1. The largest absolute Gasteiger partial charge is 0.492 e. The van der Waals surface area contributed by atoms with Crippen molar-refractivity contribution in [2.24, 2.45) is 0 Å². The van der Waals surface area contributed by atoms with Crippen molar-refractivity contribution in [1.29, 1.82) is 0 Å². The molecule has 0 amide bonds. The molecule has 13 nitrogen and oxygen atoms in total. The zero-order valence-corrected chi connectivity index (χ0v) is 18.5. The first-order chi connectivity index (χ1) is 16.6. The van der Waals surface area contributed by atoms with Crippen LogP contribution < -0.4 is 26.7 Å². The van der Waals surface area contributed by atoms with Gasteiger partial charge in [-0.05, 0) is 29.5 Å². The maximum atomic E-state index is 13.5. The molecule has 0 radical (unpaired) electrons. The highest BCUT2D eigenvalue weighted by molar-refractivity contribution is 6.13. The van der Waals surface area contributed by atoms with E-state index in [0.717, 1.165) is 23.8 Å². The Kier molecular flexibility index (Phi) is 7.27. The monoisotopic (exact) mass is 506 g/mol. The summed E-state index contributed by atoms with van der Waals surface area (Å²) in [5, 5.41) is 20.5. The molecule has 2 aromatic carbocycles. The molecule has 4 aromatic rings. The van der Waals surface area contributed by atoms with Crippen LogP contribution in [0.4, 0.5) is 21.5 Å².